The zero-order chi connectivity index (χ0) is 20.8. The Kier molecular flexibility index (Phi) is 4.40. The van der Waals surface area contributed by atoms with Crippen LogP contribution in [0.15, 0.2) is 0 Å². The van der Waals surface area contributed by atoms with Crippen molar-refractivity contribution >= 4 is 6.16 Å². The summed E-state index contributed by atoms with van der Waals surface area (Å²) in [6, 6.07) is 0. The minimum Gasteiger partial charge on any atom is -0.424 e. The molecular formula is C24H38O5. The second-order valence-electron chi connectivity index (χ2n) is 11.6. The zero-order valence-corrected chi connectivity index (χ0v) is 18.9. The van der Waals surface area contributed by atoms with Gasteiger partial charge in [-0.25, -0.2) is 4.79 Å². The lowest BCUT2D eigenvalue weighted by atomic mass is 9.44. The van der Waals surface area contributed by atoms with Crippen molar-refractivity contribution < 1.29 is 23.7 Å². The highest BCUT2D eigenvalue weighted by Gasteiger charge is 2.76. The van der Waals surface area contributed by atoms with Crippen LogP contribution < -0.4 is 0 Å². The van der Waals surface area contributed by atoms with Gasteiger partial charge in [-0.15, -0.1) is 0 Å². The number of rotatable bonds is 1. The van der Waals surface area contributed by atoms with E-state index in [9.17, 15) is 4.79 Å². The summed E-state index contributed by atoms with van der Waals surface area (Å²) in [5.41, 5.74) is -1.14. The lowest BCUT2D eigenvalue weighted by Gasteiger charge is -2.65. The maximum atomic E-state index is 12.7. The molecule has 5 heteroatoms. The van der Waals surface area contributed by atoms with E-state index in [2.05, 4.69) is 27.7 Å². The van der Waals surface area contributed by atoms with Gasteiger partial charge in [0, 0.05) is 17.8 Å². The largest absolute Gasteiger partial charge is 0.509 e. The van der Waals surface area contributed by atoms with E-state index in [0.717, 1.165) is 25.9 Å². The molecule has 2 aliphatic heterocycles. The average molecular weight is 407 g/mol. The van der Waals surface area contributed by atoms with Gasteiger partial charge in [0.25, 0.3) is 0 Å². The highest BCUT2D eigenvalue weighted by molar-refractivity contribution is 5.65. The van der Waals surface area contributed by atoms with E-state index >= 15 is 0 Å². The number of fused-ring (bicyclic) bond motifs is 1. The molecule has 5 fully saturated rings. The summed E-state index contributed by atoms with van der Waals surface area (Å²) < 4.78 is 25.2. The molecule has 0 aromatic heterocycles. The number of hydrogen-bond donors (Lipinski definition) is 0. The highest BCUT2D eigenvalue weighted by atomic mass is 16.8. The molecule has 3 aliphatic carbocycles. The fourth-order valence-electron chi connectivity index (χ4n) is 8.07. The lowest BCUT2D eigenvalue weighted by Crippen LogP contribution is -2.74. The van der Waals surface area contributed by atoms with Gasteiger partial charge in [0.1, 0.15) is 0 Å². The molecule has 2 heterocycles. The van der Waals surface area contributed by atoms with Gasteiger partial charge >= 0.3 is 6.16 Å². The van der Waals surface area contributed by atoms with Crippen molar-refractivity contribution in [3.8, 4) is 0 Å². The van der Waals surface area contributed by atoms with Crippen LogP contribution in [0.25, 0.3) is 0 Å². The molecule has 2 saturated heterocycles. The second kappa shape index (κ2) is 6.35. The number of carbonyl (C=O) groups excluding carboxylic acids is 1. The van der Waals surface area contributed by atoms with Gasteiger partial charge in [-0.05, 0) is 70.1 Å². The predicted molar refractivity (Wildman–Crippen MR) is 108 cm³/mol. The first-order chi connectivity index (χ1) is 13.6. The number of carbonyl (C=O) groups is 1. The molecule has 1 unspecified atom stereocenters. The molecule has 1 spiro atoms. The SMILES string of the molecule is CC(C)[C@H]1CC[C@@H](C)[C@@H]2CC[C@@]3(C)OC(=O)O[C@@]34C2[C@@H]2OC(C)(C)OC[C@@H]2C[C@@H]14. The van der Waals surface area contributed by atoms with Crippen molar-refractivity contribution in [1.82, 2.24) is 0 Å². The van der Waals surface area contributed by atoms with Gasteiger partial charge in [0.05, 0.1) is 12.7 Å². The van der Waals surface area contributed by atoms with Crippen molar-refractivity contribution in [2.24, 2.45) is 41.4 Å². The first kappa shape index (κ1) is 20.1. The van der Waals surface area contributed by atoms with Gasteiger partial charge in [-0.1, -0.05) is 27.2 Å². The molecule has 9 atom stereocenters. The zero-order valence-electron chi connectivity index (χ0n) is 18.9. The van der Waals surface area contributed by atoms with Crippen molar-refractivity contribution in [2.45, 2.75) is 96.7 Å². The quantitative estimate of drug-likeness (QED) is 0.563. The molecule has 4 bridgehead atoms. The standard InChI is InChI=1S/C24H38O5/c1-13(2)16-8-7-14(3)17-9-10-23(6)24(29-21(25)28-23)18(16)11-15-12-26-22(4,5)27-20(15)19(17)24/h13-20H,7-12H2,1-6H3/t14-,15+,16-,17+,18+,19?,20-,23-,24+/m1/s1. The Morgan fingerprint density at radius 1 is 1.07 bits per heavy atom. The minimum atomic E-state index is -0.595. The van der Waals surface area contributed by atoms with Crippen LogP contribution in [-0.2, 0) is 18.9 Å². The summed E-state index contributed by atoms with van der Waals surface area (Å²) in [5.74, 6) is 2.39. The third-order valence-corrected chi connectivity index (χ3v) is 9.35. The molecule has 0 aromatic carbocycles. The predicted octanol–water partition coefficient (Wildman–Crippen LogP) is 5.17. The van der Waals surface area contributed by atoms with Crippen LogP contribution >= 0.6 is 0 Å². The van der Waals surface area contributed by atoms with Crippen LogP contribution in [0.1, 0.15) is 73.6 Å². The Hall–Kier alpha value is -0.810. The smallest absolute Gasteiger partial charge is 0.424 e. The molecule has 0 N–H and O–H groups in total. The van der Waals surface area contributed by atoms with Crippen molar-refractivity contribution in [3.63, 3.8) is 0 Å². The number of ether oxygens (including phenoxy) is 4. The highest BCUT2D eigenvalue weighted by Crippen LogP contribution is 2.67. The van der Waals surface area contributed by atoms with Gasteiger partial charge in [0.15, 0.2) is 17.0 Å². The van der Waals surface area contributed by atoms with Crippen LogP contribution in [0.3, 0.4) is 0 Å². The normalized spacial score (nSPS) is 53.2. The summed E-state index contributed by atoms with van der Waals surface area (Å²) in [4.78, 5) is 12.7. The lowest BCUT2D eigenvalue weighted by molar-refractivity contribution is -0.352. The Morgan fingerprint density at radius 2 is 1.83 bits per heavy atom. The number of hydrogen-bond acceptors (Lipinski definition) is 5. The molecule has 3 saturated carbocycles. The van der Waals surface area contributed by atoms with E-state index in [1.54, 1.807) is 0 Å². The Labute approximate surface area is 175 Å². The van der Waals surface area contributed by atoms with Crippen LogP contribution in [0.4, 0.5) is 4.79 Å². The molecule has 29 heavy (non-hydrogen) atoms. The molecule has 0 amide bonds. The average Bonchev–Trinajstić information content (AvgIpc) is 2.89. The summed E-state index contributed by atoms with van der Waals surface area (Å²) in [7, 11) is 0. The fourth-order valence-corrected chi connectivity index (χ4v) is 8.07. The third-order valence-electron chi connectivity index (χ3n) is 9.35. The first-order valence-corrected chi connectivity index (χ1v) is 11.8. The molecule has 5 nitrogen and oxygen atoms in total. The van der Waals surface area contributed by atoms with Gasteiger partial charge in [0.2, 0.25) is 0 Å². The van der Waals surface area contributed by atoms with E-state index in [1.165, 1.54) is 12.8 Å². The van der Waals surface area contributed by atoms with Crippen molar-refractivity contribution in [3.05, 3.63) is 0 Å². The minimum absolute atomic E-state index is 0.0579. The second-order valence-corrected chi connectivity index (χ2v) is 11.6. The molecule has 0 radical (unpaired) electrons. The van der Waals surface area contributed by atoms with Crippen LogP contribution in [0.5, 0.6) is 0 Å². The Bertz CT molecular complexity index is 689. The van der Waals surface area contributed by atoms with Crippen LogP contribution in [0, 0.1) is 41.4 Å². The first-order valence-electron chi connectivity index (χ1n) is 11.8. The maximum absolute atomic E-state index is 12.7. The molecule has 5 aliphatic rings. The van der Waals surface area contributed by atoms with E-state index in [1.807, 2.05) is 13.8 Å². The van der Waals surface area contributed by atoms with Gasteiger partial charge < -0.3 is 18.9 Å². The molecule has 0 aromatic rings. The Balaban J connectivity index is 1.70. The monoisotopic (exact) mass is 406 g/mol. The van der Waals surface area contributed by atoms with Crippen molar-refractivity contribution in [2.75, 3.05) is 6.61 Å². The van der Waals surface area contributed by atoms with Crippen LogP contribution in [0.2, 0.25) is 0 Å². The summed E-state index contributed by atoms with van der Waals surface area (Å²) >= 11 is 0. The summed E-state index contributed by atoms with van der Waals surface area (Å²) in [6.45, 7) is 14.0. The van der Waals surface area contributed by atoms with Gasteiger partial charge in [-0.3, -0.25) is 0 Å². The van der Waals surface area contributed by atoms with Crippen molar-refractivity contribution in [1.29, 1.82) is 0 Å². The maximum Gasteiger partial charge on any atom is 0.509 e. The summed E-state index contributed by atoms with van der Waals surface area (Å²) in [6.07, 6.45) is 5.00. The molecular weight excluding hydrogens is 368 g/mol. The van der Waals surface area contributed by atoms with E-state index in [-0.39, 0.29) is 12.0 Å². The van der Waals surface area contributed by atoms with Gasteiger partial charge in [-0.2, -0.15) is 0 Å². The third kappa shape index (κ3) is 2.68. The van der Waals surface area contributed by atoms with E-state index in [0.29, 0.717) is 35.5 Å². The fraction of sp³-hybridized carbons (Fsp3) is 0.958. The Morgan fingerprint density at radius 3 is 2.55 bits per heavy atom. The summed E-state index contributed by atoms with van der Waals surface area (Å²) in [5, 5.41) is 0. The van der Waals surface area contributed by atoms with E-state index < -0.39 is 23.1 Å². The van der Waals surface area contributed by atoms with E-state index in [4.69, 9.17) is 18.9 Å². The van der Waals surface area contributed by atoms with Crippen LogP contribution in [-0.4, -0.2) is 35.9 Å². The molecule has 164 valence electrons. The topological polar surface area (TPSA) is 54.0 Å². The molecule has 5 rings (SSSR count).